The zero-order valence-electron chi connectivity index (χ0n) is 12.7. The summed E-state index contributed by atoms with van der Waals surface area (Å²) in [5, 5.41) is 10.2. The fraction of sp³-hybridized carbons (Fsp3) is 0.562. The molecule has 4 heteroatoms. The smallest absolute Gasteiger partial charge is 0.310 e. The summed E-state index contributed by atoms with van der Waals surface area (Å²) in [6.45, 7) is 6.51. The third-order valence-corrected chi connectivity index (χ3v) is 4.62. The summed E-state index contributed by atoms with van der Waals surface area (Å²) in [5.41, 5.74) is 0.471. The van der Waals surface area contributed by atoms with Gasteiger partial charge in [-0.15, -0.1) is 0 Å². The van der Waals surface area contributed by atoms with Crippen molar-refractivity contribution in [3.8, 4) is 0 Å². The largest absolute Gasteiger partial charge is 0.481 e. The van der Waals surface area contributed by atoms with E-state index >= 15 is 0 Å². The van der Waals surface area contributed by atoms with Gasteiger partial charge in [-0.3, -0.25) is 9.69 Å². The van der Waals surface area contributed by atoms with Gasteiger partial charge in [-0.25, -0.2) is 0 Å². The summed E-state index contributed by atoms with van der Waals surface area (Å²) < 4.78 is 0. The van der Waals surface area contributed by atoms with E-state index in [0.29, 0.717) is 24.4 Å². The van der Waals surface area contributed by atoms with Gasteiger partial charge in [-0.2, -0.15) is 0 Å². The number of carboxylic acids is 1. The Bertz CT molecular complexity index is 440. The molecule has 0 aliphatic heterocycles. The van der Waals surface area contributed by atoms with Crippen LogP contribution in [0.15, 0.2) is 24.3 Å². The molecule has 0 aromatic heterocycles. The van der Waals surface area contributed by atoms with E-state index in [1.807, 2.05) is 45.2 Å². The Morgan fingerprint density at radius 1 is 1.30 bits per heavy atom. The normalized spacial score (nSPS) is 13.5. The molecule has 1 rings (SSSR count). The second-order valence-electron chi connectivity index (χ2n) is 5.44. The number of carboxylic acid groups (broad SMARTS) is 1. The Morgan fingerprint density at radius 2 is 1.80 bits per heavy atom. The van der Waals surface area contributed by atoms with Crippen molar-refractivity contribution >= 4 is 17.6 Å². The SMILES string of the molecule is CCC(CC)(CN(C)C(C)c1ccc(Cl)cc1)C(=O)O. The molecule has 1 aromatic carbocycles. The Hall–Kier alpha value is -1.06. The van der Waals surface area contributed by atoms with Crippen LogP contribution in [0.1, 0.15) is 45.2 Å². The van der Waals surface area contributed by atoms with Gasteiger partial charge in [0, 0.05) is 17.6 Å². The number of benzene rings is 1. The first-order chi connectivity index (χ1) is 9.36. The molecule has 3 nitrogen and oxygen atoms in total. The molecular formula is C16H24ClNO2. The van der Waals surface area contributed by atoms with Crippen LogP contribution in [-0.2, 0) is 4.79 Å². The lowest BCUT2D eigenvalue weighted by molar-refractivity contribution is -0.151. The molecule has 112 valence electrons. The number of hydrogen-bond acceptors (Lipinski definition) is 2. The van der Waals surface area contributed by atoms with Crippen LogP contribution in [0.4, 0.5) is 0 Å². The molecule has 0 aliphatic rings. The summed E-state index contributed by atoms with van der Waals surface area (Å²) in [6.07, 6.45) is 1.27. The Labute approximate surface area is 126 Å². The van der Waals surface area contributed by atoms with Gasteiger partial charge in [-0.05, 0) is 44.5 Å². The zero-order chi connectivity index (χ0) is 15.3. The van der Waals surface area contributed by atoms with Gasteiger partial charge in [0.1, 0.15) is 0 Å². The standard InChI is InChI=1S/C16H24ClNO2/c1-5-16(6-2,15(19)20)11-18(4)12(3)13-7-9-14(17)10-8-13/h7-10,12H,5-6,11H2,1-4H3,(H,19,20). The van der Waals surface area contributed by atoms with Crippen molar-refractivity contribution in [1.29, 1.82) is 0 Å². The van der Waals surface area contributed by atoms with Crippen LogP contribution >= 0.6 is 11.6 Å². The Balaban J connectivity index is 2.86. The van der Waals surface area contributed by atoms with E-state index < -0.39 is 11.4 Å². The van der Waals surface area contributed by atoms with Crippen molar-refractivity contribution in [3.63, 3.8) is 0 Å². The number of nitrogens with zero attached hydrogens (tertiary/aromatic N) is 1. The number of halogens is 1. The van der Waals surface area contributed by atoms with Gasteiger partial charge < -0.3 is 5.11 Å². The minimum absolute atomic E-state index is 0.157. The molecule has 0 fully saturated rings. The molecule has 0 bridgehead atoms. The van der Waals surface area contributed by atoms with Gasteiger partial charge in [0.15, 0.2) is 0 Å². The highest BCUT2D eigenvalue weighted by atomic mass is 35.5. The first-order valence-electron chi connectivity index (χ1n) is 7.05. The lowest BCUT2D eigenvalue weighted by Gasteiger charge is -2.35. The lowest BCUT2D eigenvalue weighted by Crippen LogP contribution is -2.41. The first kappa shape index (κ1) is 17.0. The van der Waals surface area contributed by atoms with Gasteiger partial charge in [0.25, 0.3) is 0 Å². The monoisotopic (exact) mass is 297 g/mol. The van der Waals surface area contributed by atoms with Crippen molar-refractivity contribution in [3.05, 3.63) is 34.9 Å². The van der Waals surface area contributed by atoms with E-state index in [0.717, 1.165) is 5.56 Å². The molecule has 0 aliphatic carbocycles. The van der Waals surface area contributed by atoms with Crippen LogP contribution < -0.4 is 0 Å². The zero-order valence-corrected chi connectivity index (χ0v) is 13.4. The quantitative estimate of drug-likeness (QED) is 0.819. The second-order valence-corrected chi connectivity index (χ2v) is 5.87. The molecule has 0 amide bonds. The molecule has 0 heterocycles. The fourth-order valence-electron chi connectivity index (χ4n) is 2.45. The van der Waals surface area contributed by atoms with Crippen molar-refractivity contribution in [2.45, 2.75) is 39.7 Å². The van der Waals surface area contributed by atoms with Crippen molar-refractivity contribution in [1.82, 2.24) is 4.90 Å². The van der Waals surface area contributed by atoms with Gasteiger partial charge in [-0.1, -0.05) is 37.6 Å². The van der Waals surface area contributed by atoms with Gasteiger partial charge in [0.05, 0.1) is 5.41 Å². The molecule has 1 aromatic rings. The second kappa shape index (κ2) is 7.09. The fourth-order valence-corrected chi connectivity index (χ4v) is 2.58. The van der Waals surface area contributed by atoms with Crippen LogP contribution in [0.25, 0.3) is 0 Å². The average molecular weight is 298 g/mol. The molecule has 1 N–H and O–H groups in total. The maximum atomic E-state index is 11.6. The topological polar surface area (TPSA) is 40.5 Å². The van der Waals surface area contributed by atoms with Crippen LogP contribution in [0.3, 0.4) is 0 Å². The van der Waals surface area contributed by atoms with E-state index in [9.17, 15) is 9.90 Å². The van der Waals surface area contributed by atoms with Crippen molar-refractivity contribution in [2.75, 3.05) is 13.6 Å². The maximum Gasteiger partial charge on any atom is 0.310 e. The van der Waals surface area contributed by atoms with Crippen LogP contribution in [0.2, 0.25) is 5.02 Å². The van der Waals surface area contributed by atoms with Crippen LogP contribution in [0, 0.1) is 5.41 Å². The van der Waals surface area contributed by atoms with Gasteiger partial charge >= 0.3 is 5.97 Å². The molecule has 0 radical (unpaired) electrons. The predicted octanol–water partition coefficient (Wildman–Crippen LogP) is 4.22. The maximum absolute atomic E-state index is 11.6. The summed E-state index contributed by atoms with van der Waals surface area (Å²) in [6, 6.07) is 7.87. The number of carbonyl (C=O) groups is 1. The minimum Gasteiger partial charge on any atom is -0.481 e. The van der Waals surface area contributed by atoms with E-state index in [1.54, 1.807) is 0 Å². The summed E-state index contributed by atoms with van der Waals surface area (Å²) in [5.74, 6) is -0.711. The van der Waals surface area contributed by atoms with E-state index in [4.69, 9.17) is 11.6 Å². The molecule has 0 saturated carbocycles. The lowest BCUT2D eigenvalue weighted by atomic mass is 9.81. The molecular weight excluding hydrogens is 274 g/mol. The highest BCUT2D eigenvalue weighted by Gasteiger charge is 2.36. The third kappa shape index (κ3) is 3.74. The molecule has 1 atom stereocenters. The van der Waals surface area contributed by atoms with Crippen molar-refractivity contribution in [2.24, 2.45) is 5.41 Å². The summed E-state index contributed by atoms with van der Waals surface area (Å²) in [4.78, 5) is 13.7. The highest BCUT2D eigenvalue weighted by Crippen LogP contribution is 2.31. The van der Waals surface area contributed by atoms with Gasteiger partial charge in [0.2, 0.25) is 0 Å². The Kier molecular flexibility index (Phi) is 6.03. The predicted molar refractivity (Wildman–Crippen MR) is 83.1 cm³/mol. The van der Waals surface area contributed by atoms with E-state index in [1.165, 1.54) is 0 Å². The first-order valence-corrected chi connectivity index (χ1v) is 7.43. The number of rotatable bonds is 7. The highest BCUT2D eigenvalue weighted by molar-refractivity contribution is 6.30. The van der Waals surface area contributed by atoms with Crippen molar-refractivity contribution < 1.29 is 9.90 Å². The third-order valence-electron chi connectivity index (χ3n) is 4.37. The molecule has 0 saturated heterocycles. The molecule has 1 unspecified atom stereocenters. The molecule has 20 heavy (non-hydrogen) atoms. The minimum atomic E-state index is -0.711. The van der Waals surface area contributed by atoms with E-state index in [2.05, 4.69) is 11.8 Å². The summed E-state index contributed by atoms with van der Waals surface area (Å²) in [7, 11) is 1.97. The number of hydrogen-bond donors (Lipinski definition) is 1. The van der Waals surface area contributed by atoms with Crippen LogP contribution in [0.5, 0.6) is 0 Å². The molecule has 0 spiro atoms. The average Bonchev–Trinajstić information content (AvgIpc) is 2.44. The Morgan fingerprint density at radius 3 is 2.20 bits per heavy atom. The van der Waals surface area contributed by atoms with E-state index in [-0.39, 0.29) is 6.04 Å². The van der Waals surface area contributed by atoms with Crippen LogP contribution in [-0.4, -0.2) is 29.6 Å². The number of aliphatic carboxylic acids is 1. The summed E-state index contributed by atoms with van der Waals surface area (Å²) >= 11 is 5.90.